The van der Waals surface area contributed by atoms with E-state index in [-0.39, 0.29) is 5.91 Å². The van der Waals surface area contributed by atoms with Crippen LogP contribution in [-0.2, 0) is 37.6 Å². The summed E-state index contributed by atoms with van der Waals surface area (Å²) in [4.78, 5) is 19.5. The van der Waals surface area contributed by atoms with Crippen molar-refractivity contribution in [3.63, 3.8) is 0 Å². The molecule has 0 radical (unpaired) electrons. The average Bonchev–Trinajstić information content (AvgIpc) is 3.40. The van der Waals surface area contributed by atoms with Gasteiger partial charge in [-0.15, -0.1) is 0 Å². The summed E-state index contributed by atoms with van der Waals surface area (Å²) in [5.74, 6) is 1.14. The lowest BCUT2D eigenvalue weighted by molar-refractivity contribution is -0.131. The summed E-state index contributed by atoms with van der Waals surface area (Å²) < 4.78 is 7.44. The number of amides is 1. The van der Waals surface area contributed by atoms with Crippen molar-refractivity contribution in [1.29, 1.82) is 0 Å². The monoisotopic (exact) mass is 427 g/mol. The van der Waals surface area contributed by atoms with E-state index in [9.17, 15) is 4.79 Å². The molecule has 32 heavy (non-hydrogen) atoms. The van der Waals surface area contributed by atoms with Crippen molar-refractivity contribution in [2.75, 3.05) is 6.54 Å². The molecule has 4 aromatic rings. The number of aryl methyl sites for hydroxylation is 2. The van der Waals surface area contributed by atoms with Gasteiger partial charge in [0.1, 0.15) is 0 Å². The minimum Gasteiger partial charge on any atom is -0.338 e. The lowest BCUT2D eigenvalue weighted by Gasteiger charge is -2.27. The fraction of sp³-hybridized carbons (Fsp3) is 0.280. The van der Waals surface area contributed by atoms with Crippen LogP contribution in [0.5, 0.6) is 0 Å². The third kappa shape index (κ3) is 3.93. The van der Waals surface area contributed by atoms with Gasteiger partial charge in [0.15, 0.2) is 11.5 Å². The zero-order valence-electron chi connectivity index (χ0n) is 18.3. The molecule has 2 aromatic carbocycles. The highest BCUT2D eigenvalue weighted by atomic mass is 16.5. The van der Waals surface area contributed by atoms with Gasteiger partial charge in [-0.05, 0) is 23.6 Å². The van der Waals surface area contributed by atoms with Crippen LogP contribution < -0.4 is 0 Å². The number of hydrogen-bond acceptors (Lipinski definition) is 5. The maximum Gasteiger partial charge on any atom is 0.278 e. The minimum absolute atomic E-state index is 0.120. The van der Waals surface area contributed by atoms with Gasteiger partial charge in [0, 0.05) is 44.2 Å². The van der Waals surface area contributed by atoms with E-state index in [1.807, 2.05) is 78.2 Å². The number of carbonyl (C=O) groups excluding carboxylic acids is 1. The standard InChI is InChI=1S/C25H25N5O2/c1-17-8-6-7-11-19(17)15-23(31)30-13-12-21-20(16-30)24(27-29(21)2)25-26-22(28-32-25)14-18-9-4-3-5-10-18/h3-11H,12-16H2,1-2H3. The van der Waals surface area contributed by atoms with Gasteiger partial charge < -0.3 is 9.42 Å². The molecule has 0 bridgehead atoms. The topological polar surface area (TPSA) is 77.1 Å². The van der Waals surface area contributed by atoms with Gasteiger partial charge in [-0.2, -0.15) is 10.1 Å². The van der Waals surface area contributed by atoms with E-state index in [4.69, 9.17) is 4.52 Å². The van der Waals surface area contributed by atoms with Gasteiger partial charge in [0.2, 0.25) is 5.91 Å². The Bertz CT molecular complexity index is 1260. The lowest BCUT2D eigenvalue weighted by atomic mass is 10.0. The van der Waals surface area contributed by atoms with E-state index in [1.54, 1.807) is 0 Å². The second kappa shape index (κ2) is 8.42. The predicted octanol–water partition coefficient (Wildman–Crippen LogP) is 3.50. The molecular formula is C25H25N5O2. The van der Waals surface area contributed by atoms with E-state index in [0.29, 0.717) is 43.3 Å². The van der Waals surface area contributed by atoms with Crippen molar-refractivity contribution in [2.45, 2.75) is 32.7 Å². The molecule has 1 aliphatic heterocycles. The normalized spacial score (nSPS) is 13.2. The highest BCUT2D eigenvalue weighted by molar-refractivity contribution is 5.79. The number of aromatic nitrogens is 4. The fourth-order valence-corrected chi connectivity index (χ4v) is 4.26. The van der Waals surface area contributed by atoms with Crippen LogP contribution in [0.15, 0.2) is 59.1 Å². The predicted molar refractivity (Wildman–Crippen MR) is 120 cm³/mol. The molecule has 0 fully saturated rings. The molecule has 0 atom stereocenters. The number of fused-ring (bicyclic) bond motifs is 1. The molecular weight excluding hydrogens is 402 g/mol. The van der Waals surface area contributed by atoms with E-state index in [0.717, 1.165) is 34.4 Å². The number of carbonyl (C=O) groups is 1. The first-order chi connectivity index (χ1) is 15.6. The molecule has 2 aromatic heterocycles. The van der Waals surface area contributed by atoms with Gasteiger partial charge in [-0.25, -0.2) is 0 Å². The maximum absolute atomic E-state index is 13.0. The van der Waals surface area contributed by atoms with Gasteiger partial charge in [-0.1, -0.05) is 59.8 Å². The molecule has 0 aliphatic carbocycles. The van der Waals surface area contributed by atoms with Crippen LogP contribution >= 0.6 is 0 Å². The van der Waals surface area contributed by atoms with Crippen molar-refractivity contribution in [3.8, 4) is 11.6 Å². The molecule has 0 spiro atoms. The number of nitrogens with zero attached hydrogens (tertiary/aromatic N) is 5. The van der Waals surface area contributed by atoms with E-state index >= 15 is 0 Å². The minimum atomic E-state index is 0.120. The summed E-state index contributed by atoms with van der Waals surface area (Å²) >= 11 is 0. The van der Waals surface area contributed by atoms with E-state index in [2.05, 4.69) is 15.2 Å². The number of benzene rings is 2. The Morgan fingerprint density at radius 1 is 1.09 bits per heavy atom. The summed E-state index contributed by atoms with van der Waals surface area (Å²) in [7, 11) is 1.92. The van der Waals surface area contributed by atoms with Crippen molar-refractivity contribution in [2.24, 2.45) is 7.05 Å². The lowest BCUT2D eigenvalue weighted by Crippen LogP contribution is -2.37. The molecule has 0 saturated carbocycles. The Kier molecular flexibility index (Phi) is 5.31. The summed E-state index contributed by atoms with van der Waals surface area (Å²) in [6.07, 6.45) is 1.75. The molecule has 0 saturated heterocycles. The van der Waals surface area contributed by atoms with Crippen LogP contribution in [0.25, 0.3) is 11.6 Å². The molecule has 0 N–H and O–H groups in total. The molecule has 162 valence electrons. The van der Waals surface area contributed by atoms with Gasteiger partial charge in [-0.3, -0.25) is 9.48 Å². The Balaban J connectivity index is 1.37. The van der Waals surface area contributed by atoms with Crippen molar-refractivity contribution in [1.82, 2.24) is 24.8 Å². The Morgan fingerprint density at radius 3 is 2.69 bits per heavy atom. The van der Waals surface area contributed by atoms with E-state index in [1.165, 1.54) is 0 Å². The summed E-state index contributed by atoms with van der Waals surface area (Å²) in [6, 6.07) is 18.1. The third-order valence-corrected chi connectivity index (χ3v) is 6.07. The molecule has 1 amide bonds. The van der Waals surface area contributed by atoms with Crippen LogP contribution in [0.1, 0.15) is 33.8 Å². The molecule has 7 nitrogen and oxygen atoms in total. The van der Waals surface area contributed by atoms with Gasteiger partial charge in [0.05, 0.1) is 6.42 Å². The molecule has 1 aliphatic rings. The molecule has 7 heteroatoms. The van der Waals surface area contributed by atoms with Crippen LogP contribution in [-0.4, -0.2) is 37.3 Å². The van der Waals surface area contributed by atoms with Gasteiger partial charge in [0.25, 0.3) is 5.89 Å². The Labute approximate surface area is 186 Å². The van der Waals surface area contributed by atoms with Crippen LogP contribution in [0.4, 0.5) is 0 Å². The summed E-state index contributed by atoms with van der Waals surface area (Å²) in [5.41, 5.74) is 6.10. The molecule has 3 heterocycles. The third-order valence-electron chi connectivity index (χ3n) is 6.07. The van der Waals surface area contributed by atoms with Crippen LogP contribution in [0.3, 0.4) is 0 Å². The SMILES string of the molecule is Cc1ccccc1CC(=O)N1CCc2c(c(-c3nc(Cc4ccccc4)no3)nn2C)C1. The fourth-order valence-electron chi connectivity index (χ4n) is 4.26. The second-order valence-corrected chi connectivity index (χ2v) is 8.24. The van der Waals surface area contributed by atoms with Crippen molar-refractivity contribution in [3.05, 3.63) is 88.4 Å². The smallest absolute Gasteiger partial charge is 0.278 e. The Morgan fingerprint density at radius 2 is 1.88 bits per heavy atom. The summed E-state index contributed by atoms with van der Waals surface area (Å²) in [5, 5.41) is 8.81. The van der Waals surface area contributed by atoms with Crippen LogP contribution in [0.2, 0.25) is 0 Å². The molecule has 5 rings (SSSR count). The quantitative estimate of drug-likeness (QED) is 0.487. The Hall–Kier alpha value is -3.74. The summed E-state index contributed by atoms with van der Waals surface area (Å²) in [6.45, 7) is 3.22. The highest BCUT2D eigenvalue weighted by Crippen LogP contribution is 2.29. The maximum atomic E-state index is 13.0. The zero-order chi connectivity index (χ0) is 22.1. The number of hydrogen-bond donors (Lipinski definition) is 0. The second-order valence-electron chi connectivity index (χ2n) is 8.24. The molecule has 0 unspecified atom stereocenters. The van der Waals surface area contributed by atoms with Crippen molar-refractivity contribution >= 4 is 5.91 Å². The van der Waals surface area contributed by atoms with Crippen molar-refractivity contribution < 1.29 is 9.32 Å². The largest absolute Gasteiger partial charge is 0.338 e. The first-order valence-corrected chi connectivity index (χ1v) is 10.8. The first kappa shape index (κ1) is 20.2. The highest BCUT2D eigenvalue weighted by Gasteiger charge is 2.29. The zero-order valence-corrected chi connectivity index (χ0v) is 18.3. The van der Waals surface area contributed by atoms with Crippen LogP contribution in [0, 0.1) is 6.92 Å². The first-order valence-electron chi connectivity index (χ1n) is 10.8. The van der Waals surface area contributed by atoms with Gasteiger partial charge >= 0.3 is 0 Å². The number of rotatable bonds is 5. The average molecular weight is 428 g/mol. The van der Waals surface area contributed by atoms with E-state index < -0.39 is 0 Å².